The van der Waals surface area contributed by atoms with E-state index < -0.39 is 0 Å². The van der Waals surface area contributed by atoms with Crippen LogP contribution >= 0.6 is 0 Å². The average Bonchev–Trinajstić information content (AvgIpc) is 2.93. The minimum absolute atomic E-state index is 0.00698. The molecule has 2 aromatic rings. The maximum Gasteiger partial charge on any atom is 0.251 e. The molecule has 0 aliphatic carbocycles. The standard InChI is InChI=1S/C22H28N2O/c1-18-11-13-19(14-12-18)21(24-15-7-2-3-8-16-24)17-23-22(25)20-9-5-4-6-10-20/h4-6,9-14,21H,2-3,7-8,15-17H2,1H3,(H,23,25)/t21-/m1/s1. The van der Waals surface area contributed by atoms with Gasteiger partial charge in [0.2, 0.25) is 0 Å². The molecule has 1 N–H and O–H groups in total. The molecule has 1 saturated heterocycles. The number of carbonyl (C=O) groups is 1. The number of likely N-dealkylation sites (tertiary alicyclic amines) is 1. The Labute approximate surface area is 151 Å². The minimum atomic E-state index is 0.00698. The zero-order chi connectivity index (χ0) is 17.5. The first-order valence-corrected chi connectivity index (χ1v) is 9.38. The van der Waals surface area contributed by atoms with Crippen molar-refractivity contribution >= 4 is 5.91 Å². The molecule has 3 rings (SSSR count). The number of nitrogens with zero attached hydrogens (tertiary/aromatic N) is 1. The van der Waals surface area contributed by atoms with Crippen LogP contribution in [0.25, 0.3) is 0 Å². The fraction of sp³-hybridized carbons (Fsp3) is 0.409. The Hall–Kier alpha value is -2.13. The largest absolute Gasteiger partial charge is 0.350 e. The van der Waals surface area contributed by atoms with Crippen molar-refractivity contribution in [2.24, 2.45) is 0 Å². The van der Waals surface area contributed by atoms with Gasteiger partial charge >= 0.3 is 0 Å². The van der Waals surface area contributed by atoms with E-state index in [4.69, 9.17) is 0 Å². The number of amides is 1. The number of aryl methyl sites for hydroxylation is 1. The third-order valence-corrected chi connectivity index (χ3v) is 5.04. The summed E-state index contributed by atoms with van der Waals surface area (Å²) in [4.78, 5) is 15.0. The number of rotatable bonds is 5. The Balaban J connectivity index is 1.73. The summed E-state index contributed by atoms with van der Waals surface area (Å²) in [7, 11) is 0. The lowest BCUT2D eigenvalue weighted by Gasteiger charge is -2.31. The van der Waals surface area contributed by atoms with Crippen LogP contribution in [0.5, 0.6) is 0 Å². The summed E-state index contributed by atoms with van der Waals surface area (Å²) in [5.74, 6) is 0.00698. The van der Waals surface area contributed by atoms with Gasteiger partial charge in [0, 0.05) is 12.1 Å². The second-order valence-electron chi connectivity index (χ2n) is 6.95. The number of benzene rings is 2. The highest BCUT2D eigenvalue weighted by atomic mass is 16.1. The first kappa shape index (κ1) is 17.7. The van der Waals surface area contributed by atoms with Crippen molar-refractivity contribution in [2.45, 2.75) is 38.6 Å². The molecule has 0 saturated carbocycles. The smallest absolute Gasteiger partial charge is 0.251 e. The van der Waals surface area contributed by atoms with Crippen LogP contribution in [0.3, 0.4) is 0 Å². The van der Waals surface area contributed by atoms with Gasteiger partial charge < -0.3 is 5.32 Å². The summed E-state index contributed by atoms with van der Waals surface area (Å²) in [6.45, 7) is 4.98. The minimum Gasteiger partial charge on any atom is -0.350 e. The molecule has 1 amide bonds. The second kappa shape index (κ2) is 8.82. The Morgan fingerprint density at radius 3 is 2.24 bits per heavy atom. The Morgan fingerprint density at radius 1 is 0.960 bits per heavy atom. The molecule has 1 atom stereocenters. The first-order valence-electron chi connectivity index (χ1n) is 9.38. The van der Waals surface area contributed by atoms with E-state index in [2.05, 4.69) is 41.4 Å². The topological polar surface area (TPSA) is 32.3 Å². The Kier molecular flexibility index (Phi) is 6.24. The highest BCUT2D eigenvalue weighted by Crippen LogP contribution is 2.24. The fourth-order valence-corrected chi connectivity index (χ4v) is 3.53. The normalized spacial score (nSPS) is 16.8. The van der Waals surface area contributed by atoms with Crippen molar-refractivity contribution in [3.63, 3.8) is 0 Å². The number of carbonyl (C=O) groups excluding carboxylic acids is 1. The van der Waals surface area contributed by atoms with E-state index in [1.54, 1.807) is 0 Å². The SMILES string of the molecule is Cc1ccc([C@@H](CNC(=O)c2ccccc2)N2CCCCCC2)cc1. The molecule has 25 heavy (non-hydrogen) atoms. The third-order valence-electron chi connectivity index (χ3n) is 5.04. The average molecular weight is 336 g/mol. The van der Waals surface area contributed by atoms with Crippen molar-refractivity contribution in [1.82, 2.24) is 10.2 Å². The van der Waals surface area contributed by atoms with Crippen LogP contribution in [-0.4, -0.2) is 30.4 Å². The molecule has 0 radical (unpaired) electrons. The molecule has 1 fully saturated rings. The van der Waals surface area contributed by atoms with Crippen LogP contribution in [0.2, 0.25) is 0 Å². The molecule has 3 nitrogen and oxygen atoms in total. The van der Waals surface area contributed by atoms with Gasteiger partial charge in [-0.2, -0.15) is 0 Å². The van der Waals surface area contributed by atoms with Gasteiger partial charge in [-0.05, 0) is 50.6 Å². The van der Waals surface area contributed by atoms with Gasteiger partial charge in [0.1, 0.15) is 0 Å². The van der Waals surface area contributed by atoms with E-state index in [1.807, 2.05) is 30.3 Å². The highest BCUT2D eigenvalue weighted by molar-refractivity contribution is 5.94. The Bertz CT molecular complexity index is 658. The molecular weight excluding hydrogens is 308 g/mol. The lowest BCUT2D eigenvalue weighted by molar-refractivity contribution is 0.0933. The maximum atomic E-state index is 12.5. The quantitative estimate of drug-likeness (QED) is 0.881. The van der Waals surface area contributed by atoms with Gasteiger partial charge in [-0.25, -0.2) is 0 Å². The highest BCUT2D eigenvalue weighted by Gasteiger charge is 2.22. The van der Waals surface area contributed by atoms with E-state index in [-0.39, 0.29) is 11.9 Å². The molecule has 0 unspecified atom stereocenters. The predicted octanol–water partition coefficient (Wildman–Crippen LogP) is 4.34. The van der Waals surface area contributed by atoms with E-state index in [0.29, 0.717) is 6.54 Å². The van der Waals surface area contributed by atoms with Crippen molar-refractivity contribution in [3.8, 4) is 0 Å². The van der Waals surface area contributed by atoms with Crippen LogP contribution in [0.1, 0.15) is 53.2 Å². The van der Waals surface area contributed by atoms with Gasteiger partial charge in [0.05, 0.1) is 6.04 Å². The van der Waals surface area contributed by atoms with Crippen LogP contribution in [0.15, 0.2) is 54.6 Å². The van der Waals surface area contributed by atoms with E-state index in [1.165, 1.54) is 36.8 Å². The summed E-state index contributed by atoms with van der Waals surface area (Å²) in [5.41, 5.74) is 3.29. The first-order chi connectivity index (χ1) is 12.2. The van der Waals surface area contributed by atoms with Crippen molar-refractivity contribution in [3.05, 3.63) is 71.3 Å². The van der Waals surface area contributed by atoms with Crippen LogP contribution in [0.4, 0.5) is 0 Å². The van der Waals surface area contributed by atoms with Crippen LogP contribution in [-0.2, 0) is 0 Å². The third kappa shape index (κ3) is 4.93. The van der Waals surface area contributed by atoms with Crippen molar-refractivity contribution < 1.29 is 4.79 Å². The fourth-order valence-electron chi connectivity index (χ4n) is 3.53. The molecule has 0 aromatic heterocycles. The molecule has 132 valence electrons. The number of hydrogen-bond donors (Lipinski definition) is 1. The zero-order valence-electron chi connectivity index (χ0n) is 15.1. The van der Waals surface area contributed by atoms with Crippen molar-refractivity contribution in [2.75, 3.05) is 19.6 Å². The summed E-state index contributed by atoms with van der Waals surface area (Å²) in [6, 6.07) is 18.5. The lowest BCUT2D eigenvalue weighted by atomic mass is 10.0. The molecule has 1 aliphatic heterocycles. The van der Waals surface area contributed by atoms with Gasteiger partial charge in [-0.3, -0.25) is 9.69 Å². The summed E-state index contributed by atoms with van der Waals surface area (Å²) in [5, 5.41) is 3.15. The lowest BCUT2D eigenvalue weighted by Crippen LogP contribution is -2.38. The van der Waals surface area contributed by atoms with E-state index in [0.717, 1.165) is 18.7 Å². The van der Waals surface area contributed by atoms with Gasteiger partial charge in [0.25, 0.3) is 5.91 Å². The Morgan fingerprint density at radius 2 is 1.60 bits per heavy atom. The number of hydrogen-bond acceptors (Lipinski definition) is 2. The summed E-state index contributed by atoms with van der Waals surface area (Å²) in [6.07, 6.45) is 5.12. The van der Waals surface area contributed by atoms with Crippen LogP contribution in [0, 0.1) is 6.92 Å². The zero-order valence-corrected chi connectivity index (χ0v) is 15.1. The second-order valence-corrected chi connectivity index (χ2v) is 6.95. The summed E-state index contributed by atoms with van der Waals surface area (Å²) < 4.78 is 0. The van der Waals surface area contributed by atoms with Crippen LogP contribution < -0.4 is 5.32 Å². The molecule has 1 heterocycles. The number of nitrogens with one attached hydrogen (secondary N) is 1. The molecule has 0 spiro atoms. The summed E-state index contributed by atoms with van der Waals surface area (Å²) >= 11 is 0. The predicted molar refractivity (Wildman–Crippen MR) is 103 cm³/mol. The van der Waals surface area contributed by atoms with E-state index >= 15 is 0 Å². The molecule has 0 bridgehead atoms. The van der Waals surface area contributed by atoms with Gasteiger partial charge in [-0.15, -0.1) is 0 Å². The molecular formula is C22H28N2O. The molecule has 1 aliphatic rings. The van der Waals surface area contributed by atoms with Gasteiger partial charge in [-0.1, -0.05) is 60.9 Å². The molecule has 3 heteroatoms. The monoisotopic (exact) mass is 336 g/mol. The maximum absolute atomic E-state index is 12.5. The van der Waals surface area contributed by atoms with Gasteiger partial charge in [0.15, 0.2) is 0 Å². The van der Waals surface area contributed by atoms with E-state index in [9.17, 15) is 4.79 Å². The molecule has 2 aromatic carbocycles. The van der Waals surface area contributed by atoms with Crippen molar-refractivity contribution in [1.29, 1.82) is 0 Å².